The second-order valence-corrected chi connectivity index (χ2v) is 9.42. The molecule has 1 heterocycles. The largest absolute Gasteiger partial charge is 0.485 e. The van der Waals surface area contributed by atoms with Gasteiger partial charge in [-0.2, -0.15) is 0 Å². The van der Waals surface area contributed by atoms with E-state index < -0.39 is 5.97 Å². The van der Waals surface area contributed by atoms with Crippen LogP contribution in [0.25, 0.3) is 16.5 Å². The molecule has 0 aliphatic rings. The number of rotatable bonds is 10. The average Bonchev–Trinajstić information content (AvgIpc) is 3.38. The molecule has 0 fully saturated rings. The van der Waals surface area contributed by atoms with Crippen LogP contribution in [0.15, 0.2) is 102 Å². The van der Waals surface area contributed by atoms with E-state index in [0.29, 0.717) is 22.2 Å². The fourth-order valence-electron chi connectivity index (χ4n) is 4.05. The molecule has 196 valence electrons. The molecule has 0 saturated heterocycles. The fourth-order valence-corrected chi connectivity index (χ4v) is 4.82. The van der Waals surface area contributed by atoms with Crippen molar-refractivity contribution in [2.24, 2.45) is 0 Å². The molecular weight excluding hydrogens is 512 g/mol. The lowest BCUT2D eigenvalue weighted by Gasteiger charge is -2.12. The molecule has 9 heteroatoms. The first-order valence-corrected chi connectivity index (χ1v) is 13.4. The first-order valence-electron chi connectivity index (χ1n) is 12.4. The Bertz CT molecular complexity index is 1600. The van der Waals surface area contributed by atoms with Crippen molar-refractivity contribution < 1.29 is 19.1 Å². The summed E-state index contributed by atoms with van der Waals surface area (Å²) >= 11 is 1.26. The van der Waals surface area contributed by atoms with Gasteiger partial charge in [0.05, 0.1) is 17.9 Å². The number of anilines is 1. The van der Waals surface area contributed by atoms with Crippen LogP contribution in [0.3, 0.4) is 0 Å². The van der Waals surface area contributed by atoms with E-state index in [4.69, 9.17) is 9.47 Å². The molecule has 39 heavy (non-hydrogen) atoms. The number of amides is 1. The number of fused-ring (bicyclic) bond motifs is 1. The van der Waals surface area contributed by atoms with Gasteiger partial charge in [-0.1, -0.05) is 72.4 Å². The van der Waals surface area contributed by atoms with Gasteiger partial charge in [-0.25, -0.2) is 4.79 Å². The number of nitrogens with one attached hydrogen (secondary N) is 1. The van der Waals surface area contributed by atoms with Crippen molar-refractivity contribution in [2.75, 3.05) is 17.7 Å². The quantitative estimate of drug-likeness (QED) is 0.175. The van der Waals surface area contributed by atoms with E-state index in [1.165, 1.54) is 11.8 Å². The summed E-state index contributed by atoms with van der Waals surface area (Å²) in [6.07, 6.45) is 0. The first-order chi connectivity index (χ1) is 19.1. The third kappa shape index (κ3) is 6.27. The van der Waals surface area contributed by atoms with Gasteiger partial charge in [0.2, 0.25) is 5.91 Å². The number of aromatic nitrogens is 3. The maximum Gasteiger partial charge on any atom is 0.338 e. The molecule has 0 aliphatic heterocycles. The van der Waals surface area contributed by atoms with Crippen molar-refractivity contribution in [3.05, 3.63) is 108 Å². The van der Waals surface area contributed by atoms with Gasteiger partial charge >= 0.3 is 5.97 Å². The Morgan fingerprint density at radius 2 is 1.67 bits per heavy atom. The zero-order chi connectivity index (χ0) is 27.0. The summed E-state index contributed by atoms with van der Waals surface area (Å²) in [6.45, 7) is 2.22. The van der Waals surface area contributed by atoms with Crippen LogP contribution in [-0.4, -0.2) is 39.0 Å². The molecule has 1 N–H and O–H groups in total. The highest BCUT2D eigenvalue weighted by Gasteiger charge is 2.17. The second kappa shape index (κ2) is 12.3. The normalized spacial score (nSPS) is 10.8. The summed E-state index contributed by atoms with van der Waals surface area (Å²) in [4.78, 5) is 24.8. The number of hydrogen-bond donors (Lipinski definition) is 1. The third-order valence-electron chi connectivity index (χ3n) is 5.81. The van der Waals surface area contributed by atoms with Crippen LogP contribution < -0.4 is 10.1 Å². The van der Waals surface area contributed by atoms with Crippen LogP contribution in [-0.2, 0) is 16.1 Å². The van der Waals surface area contributed by atoms with Crippen molar-refractivity contribution in [1.82, 2.24) is 14.8 Å². The fraction of sp³-hybridized carbons (Fsp3) is 0.133. The number of para-hydroxylation sites is 1. The molecule has 5 aromatic rings. The Labute approximate surface area is 230 Å². The van der Waals surface area contributed by atoms with Crippen molar-refractivity contribution in [3.8, 4) is 11.4 Å². The molecule has 4 aromatic carbocycles. The molecule has 0 spiro atoms. The van der Waals surface area contributed by atoms with Gasteiger partial charge in [0.1, 0.15) is 12.4 Å². The molecule has 0 unspecified atom stereocenters. The first kappa shape index (κ1) is 26.0. The monoisotopic (exact) mass is 538 g/mol. The van der Waals surface area contributed by atoms with Crippen molar-refractivity contribution >= 4 is 40.1 Å². The van der Waals surface area contributed by atoms with Crippen LogP contribution in [0, 0.1) is 0 Å². The van der Waals surface area contributed by atoms with E-state index in [2.05, 4.69) is 15.5 Å². The molecule has 0 radical (unpaired) electrons. The number of nitrogens with zero attached hydrogens (tertiary/aromatic N) is 3. The van der Waals surface area contributed by atoms with E-state index >= 15 is 0 Å². The number of thioether (sulfide) groups is 1. The maximum atomic E-state index is 12.8. The highest BCUT2D eigenvalue weighted by molar-refractivity contribution is 7.99. The van der Waals surface area contributed by atoms with Crippen molar-refractivity contribution in [3.63, 3.8) is 0 Å². The van der Waals surface area contributed by atoms with Crippen molar-refractivity contribution in [2.45, 2.75) is 18.7 Å². The number of hydrogen-bond acceptors (Lipinski definition) is 7. The maximum absolute atomic E-state index is 12.8. The van der Waals surface area contributed by atoms with E-state index in [-0.39, 0.29) is 24.9 Å². The predicted molar refractivity (Wildman–Crippen MR) is 151 cm³/mol. The van der Waals surface area contributed by atoms with E-state index in [0.717, 1.165) is 22.2 Å². The zero-order valence-corrected chi connectivity index (χ0v) is 22.1. The predicted octanol–water partition coefficient (Wildman–Crippen LogP) is 5.91. The second-order valence-electron chi connectivity index (χ2n) is 8.47. The number of carbonyl (C=O) groups excluding carboxylic acids is 2. The van der Waals surface area contributed by atoms with E-state index in [1.807, 2.05) is 77.4 Å². The summed E-state index contributed by atoms with van der Waals surface area (Å²) in [6, 6.07) is 30.3. The summed E-state index contributed by atoms with van der Waals surface area (Å²) < 4.78 is 13.1. The molecule has 0 bridgehead atoms. The summed E-state index contributed by atoms with van der Waals surface area (Å²) in [5.41, 5.74) is 1.76. The topological polar surface area (TPSA) is 95.3 Å². The van der Waals surface area contributed by atoms with E-state index in [9.17, 15) is 9.59 Å². The van der Waals surface area contributed by atoms with Gasteiger partial charge in [0.25, 0.3) is 0 Å². The van der Waals surface area contributed by atoms with Gasteiger partial charge < -0.3 is 14.8 Å². The standard InChI is InChI=1S/C30H26N4O4S/c1-2-37-29(36)22-12-8-13-23(18-22)31-28(35)20-39-30-33-32-27(34(30)24-14-4-3-5-15-24)19-38-26-17-9-11-21-10-6-7-16-25(21)26/h3-18H,2,19-20H2,1H3,(H,31,35). The Hall–Kier alpha value is -4.63. The molecule has 8 nitrogen and oxygen atoms in total. The Kier molecular flexibility index (Phi) is 8.18. The molecule has 0 atom stereocenters. The van der Waals surface area contributed by atoms with Gasteiger partial charge in [-0.15, -0.1) is 10.2 Å². The minimum absolute atomic E-state index is 0.0960. The molecular formula is C30H26N4O4S. The van der Waals surface area contributed by atoms with Crippen molar-refractivity contribution in [1.29, 1.82) is 0 Å². The van der Waals surface area contributed by atoms with E-state index in [1.54, 1.807) is 31.2 Å². The summed E-state index contributed by atoms with van der Waals surface area (Å²) in [5.74, 6) is 0.793. The van der Waals surface area contributed by atoms with Gasteiger partial charge in [-0.05, 0) is 48.7 Å². The number of ether oxygens (including phenoxy) is 2. The lowest BCUT2D eigenvalue weighted by atomic mass is 10.1. The highest BCUT2D eigenvalue weighted by Crippen LogP contribution is 2.27. The van der Waals surface area contributed by atoms with Crippen LogP contribution in [0.5, 0.6) is 5.75 Å². The highest BCUT2D eigenvalue weighted by atomic mass is 32.2. The Balaban J connectivity index is 1.31. The minimum atomic E-state index is -0.433. The van der Waals surface area contributed by atoms with Crippen LogP contribution in [0.4, 0.5) is 5.69 Å². The van der Waals surface area contributed by atoms with Gasteiger partial charge in [-0.3, -0.25) is 9.36 Å². The summed E-state index contributed by atoms with van der Waals surface area (Å²) in [7, 11) is 0. The Morgan fingerprint density at radius 1 is 0.897 bits per heavy atom. The lowest BCUT2D eigenvalue weighted by molar-refractivity contribution is -0.113. The zero-order valence-electron chi connectivity index (χ0n) is 21.2. The molecule has 0 saturated carbocycles. The molecule has 0 aliphatic carbocycles. The Morgan fingerprint density at radius 3 is 2.51 bits per heavy atom. The molecule has 5 rings (SSSR count). The molecule has 1 aromatic heterocycles. The number of esters is 1. The van der Waals surface area contributed by atoms with Gasteiger partial charge in [0.15, 0.2) is 11.0 Å². The lowest BCUT2D eigenvalue weighted by Crippen LogP contribution is -2.15. The van der Waals surface area contributed by atoms with Crippen LogP contribution in [0.1, 0.15) is 23.1 Å². The SMILES string of the molecule is CCOC(=O)c1cccc(NC(=O)CSc2nnc(COc3cccc4ccccc34)n2-c2ccccc2)c1. The van der Waals surface area contributed by atoms with Gasteiger partial charge in [0, 0.05) is 16.8 Å². The van der Waals surface area contributed by atoms with Crippen LogP contribution >= 0.6 is 11.8 Å². The number of benzene rings is 4. The summed E-state index contributed by atoms with van der Waals surface area (Å²) in [5, 5.41) is 14.2. The smallest absolute Gasteiger partial charge is 0.338 e. The third-order valence-corrected chi connectivity index (χ3v) is 6.74. The number of carbonyl (C=O) groups is 2. The average molecular weight is 539 g/mol. The minimum Gasteiger partial charge on any atom is -0.485 e. The van der Waals surface area contributed by atoms with Crippen LogP contribution in [0.2, 0.25) is 0 Å². The molecule has 1 amide bonds.